The molecule has 1 aromatic heterocycles. The summed E-state index contributed by atoms with van der Waals surface area (Å²) in [5.74, 6) is 0.476. The minimum absolute atomic E-state index is 0.0341. The maximum Gasteiger partial charge on any atom is 0.272 e. The smallest absolute Gasteiger partial charge is 0.272 e. The minimum atomic E-state index is 0.0341. The molecular weight excluding hydrogens is 214 g/mol. The largest absolute Gasteiger partial charge is 0.337 e. The van der Waals surface area contributed by atoms with E-state index >= 15 is 0 Å². The van der Waals surface area contributed by atoms with Crippen molar-refractivity contribution in [1.82, 2.24) is 9.88 Å². The standard InChI is InChI=1S/C13H19N3O/c1-10-4-2-6-12(15-10)13(17)16-7-3-5-11(8-14)9-16/h2,4,6,11H,3,5,7-9,14H2,1H3. The van der Waals surface area contributed by atoms with Gasteiger partial charge in [-0.3, -0.25) is 4.79 Å². The molecule has 0 aliphatic carbocycles. The predicted molar refractivity (Wildman–Crippen MR) is 66.7 cm³/mol. The fourth-order valence-electron chi connectivity index (χ4n) is 2.27. The number of aromatic nitrogens is 1. The molecule has 1 amide bonds. The number of hydrogen-bond donors (Lipinski definition) is 1. The van der Waals surface area contributed by atoms with E-state index in [0.717, 1.165) is 31.6 Å². The quantitative estimate of drug-likeness (QED) is 0.835. The van der Waals surface area contributed by atoms with Gasteiger partial charge in [0, 0.05) is 18.8 Å². The second kappa shape index (κ2) is 5.27. The molecule has 0 radical (unpaired) electrons. The summed E-state index contributed by atoms with van der Waals surface area (Å²) in [6, 6.07) is 5.55. The van der Waals surface area contributed by atoms with Crippen molar-refractivity contribution >= 4 is 5.91 Å². The van der Waals surface area contributed by atoms with Gasteiger partial charge in [-0.05, 0) is 44.4 Å². The van der Waals surface area contributed by atoms with E-state index in [0.29, 0.717) is 18.2 Å². The molecule has 0 saturated carbocycles. The highest BCUT2D eigenvalue weighted by Gasteiger charge is 2.24. The lowest BCUT2D eigenvalue weighted by Gasteiger charge is -2.31. The molecule has 1 aliphatic heterocycles. The lowest BCUT2D eigenvalue weighted by molar-refractivity contribution is 0.0672. The molecule has 92 valence electrons. The number of nitrogens with zero attached hydrogens (tertiary/aromatic N) is 2. The summed E-state index contributed by atoms with van der Waals surface area (Å²) in [4.78, 5) is 18.4. The van der Waals surface area contributed by atoms with E-state index in [1.54, 1.807) is 6.07 Å². The average Bonchev–Trinajstić information content (AvgIpc) is 2.38. The molecule has 2 heterocycles. The van der Waals surface area contributed by atoms with E-state index < -0.39 is 0 Å². The van der Waals surface area contributed by atoms with E-state index in [1.807, 2.05) is 24.0 Å². The summed E-state index contributed by atoms with van der Waals surface area (Å²) < 4.78 is 0. The van der Waals surface area contributed by atoms with Crippen molar-refractivity contribution in [2.75, 3.05) is 19.6 Å². The summed E-state index contributed by atoms with van der Waals surface area (Å²) in [5.41, 5.74) is 7.10. The zero-order valence-corrected chi connectivity index (χ0v) is 10.2. The number of carbonyl (C=O) groups excluding carboxylic acids is 1. The molecule has 1 saturated heterocycles. The number of carbonyl (C=O) groups is 1. The minimum Gasteiger partial charge on any atom is -0.337 e. The second-order valence-corrected chi connectivity index (χ2v) is 4.66. The second-order valence-electron chi connectivity index (χ2n) is 4.66. The van der Waals surface area contributed by atoms with Crippen molar-refractivity contribution < 1.29 is 4.79 Å². The number of aryl methyl sites for hydroxylation is 1. The fraction of sp³-hybridized carbons (Fsp3) is 0.538. The highest BCUT2D eigenvalue weighted by atomic mass is 16.2. The van der Waals surface area contributed by atoms with Gasteiger partial charge < -0.3 is 10.6 Å². The normalized spacial score (nSPS) is 20.4. The Kier molecular flexibility index (Phi) is 3.74. The molecule has 2 rings (SSSR count). The summed E-state index contributed by atoms with van der Waals surface area (Å²) in [5, 5.41) is 0. The van der Waals surface area contributed by atoms with Gasteiger partial charge in [-0.1, -0.05) is 6.07 Å². The molecule has 0 bridgehead atoms. The van der Waals surface area contributed by atoms with Crippen molar-refractivity contribution in [2.45, 2.75) is 19.8 Å². The first kappa shape index (κ1) is 12.0. The molecule has 1 aromatic rings. The van der Waals surface area contributed by atoms with Crippen LogP contribution < -0.4 is 5.73 Å². The van der Waals surface area contributed by atoms with Crippen LogP contribution in [0.1, 0.15) is 29.0 Å². The van der Waals surface area contributed by atoms with Gasteiger partial charge in [-0.2, -0.15) is 0 Å². The summed E-state index contributed by atoms with van der Waals surface area (Å²) in [7, 11) is 0. The van der Waals surface area contributed by atoms with Crippen LogP contribution in [0.2, 0.25) is 0 Å². The third-order valence-corrected chi connectivity index (χ3v) is 3.25. The highest BCUT2D eigenvalue weighted by Crippen LogP contribution is 2.17. The van der Waals surface area contributed by atoms with E-state index in [9.17, 15) is 4.79 Å². The van der Waals surface area contributed by atoms with Gasteiger partial charge in [0.25, 0.3) is 5.91 Å². The number of nitrogens with two attached hydrogens (primary N) is 1. The monoisotopic (exact) mass is 233 g/mol. The van der Waals surface area contributed by atoms with Crippen LogP contribution in [-0.4, -0.2) is 35.4 Å². The molecule has 1 fully saturated rings. The maximum absolute atomic E-state index is 12.2. The zero-order chi connectivity index (χ0) is 12.3. The van der Waals surface area contributed by atoms with E-state index in [4.69, 9.17) is 5.73 Å². The number of pyridine rings is 1. The van der Waals surface area contributed by atoms with Gasteiger partial charge in [0.2, 0.25) is 0 Å². The Labute approximate surface area is 102 Å². The van der Waals surface area contributed by atoms with Crippen molar-refractivity contribution in [2.24, 2.45) is 11.7 Å². The van der Waals surface area contributed by atoms with Crippen LogP contribution in [0.25, 0.3) is 0 Å². The van der Waals surface area contributed by atoms with Gasteiger partial charge >= 0.3 is 0 Å². The maximum atomic E-state index is 12.2. The molecule has 1 unspecified atom stereocenters. The van der Waals surface area contributed by atoms with Crippen LogP contribution >= 0.6 is 0 Å². The van der Waals surface area contributed by atoms with Crippen molar-refractivity contribution in [3.05, 3.63) is 29.6 Å². The molecule has 1 aliphatic rings. The molecule has 4 nitrogen and oxygen atoms in total. The molecule has 2 N–H and O–H groups in total. The van der Waals surface area contributed by atoms with Crippen molar-refractivity contribution in [3.8, 4) is 0 Å². The van der Waals surface area contributed by atoms with Crippen molar-refractivity contribution in [1.29, 1.82) is 0 Å². The Morgan fingerprint density at radius 3 is 3.12 bits per heavy atom. The van der Waals surface area contributed by atoms with Crippen LogP contribution in [0.15, 0.2) is 18.2 Å². The number of piperidine rings is 1. The lowest BCUT2D eigenvalue weighted by Crippen LogP contribution is -2.42. The third-order valence-electron chi connectivity index (χ3n) is 3.25. The molecular formula is C13H19N3O. The Hall–Kier alpha value is -1.42. The molecule has 4 heteroatoms. The Bertz CT molecular complexity index is 405. The van der Waals surface area contributed by atoms with Crippen LogP contribution in [0.5, 0.6) is 0 Å². The summed E-state index contributed by atoms with van der Waals surface area (Å²) >= 11 is 0. The van der Waals surface area contributed by atoms with E-state index in [-0.39, 0.29) is 5.91 Å². The first-order valence-corrected chi connectivity index (χ1v) is 6.13. The topological polar surface area (TPSA) is 59.2 Å². The molecule has 0 aromatic carbocycles. The molecule has 0 spiro atoms. The number of hydrogen-bond acceptors (Lipinski definition) is 3. The predicted octanol–water partition coefficient (Wildman–Crippen LogP) is 1.20. The lowest BCUT2D eigenvalue weighted by atomic mass is 9.98. The zero-order valence-electron chi connectivity index (χ0n) is 10.2. The van der Waals surface area contributed by atoms with Crippen molar-refractivity contribution in [3.63, 3.8) is 0 Å². The molecule has 1 atom stereocenters. The van der Waals surface area contributed by atoms with Crippen LogP contribution in [0, 0.1) is 12.8 Å². The summed E-state index contributed by atoms with van der Waals surface area (Å²) in [6.07, 6.45) is 2.17. The molecule has 17 heavy (non-hydrogen) atoms. The Balaban J connectivity index is 2.09. The highest BCUT2D eigenvalue weighted by molar-refractivity contribution is 5.92. The Morgan fingerprint density at radius 2 is 2.41 bits per heavy atom. The first-order valence-electron chi connectivity index (χ1n) is 6.13. The van der Waals surface area contributed by atoms with Gasteiger partial charge in [0.1, 0.15) is 5.69 Å². The number of likely N-dealkylation sites (tertiary alicyclic amines) is 1. The van der Waals surface area contributed by atoms with Gasteiger partial charge in [0.05, 0.1) is 0 Å². The van der Waals surface area contributed by atoms with Crippen LogP contribution in [-0.2, 0) is 0 Å². The average molecular weight is 233 g/mol. The van der Waals surface area contributed by atoms with Gasteiger partial charge in [-0.25, -0.2) is 4.98 Å². The van der Waals surface area contributed by atoms with E-state index in [1.165, 1.54) is 0 Å². The van der Waals surface area contributed by atoms with Crippen LogP contribution in [0.3, 0.4) is 0 Å². The van der Waals surface area contributed by atoms with E-state index in [2.05, 4.69) is 4.98 Å². The SMILES string of the molecule is Cc1cccc(C(=O)N2CCCC(CN)C2)n1. The summed E-state index contributed by atoms with van der Waals surface area (Å²) in [6.45, 7) is 4.15. The first-order chi connectivity index (χ1) is 8.20. The number of amides is 1. The van der Waals surface area contributed by atoms with Gasteiger partial charge in [-0.15, -0.1) is 0 Å². The third kappa shape index (κ3) is 2.82. The fourth-order valence-corrected chi connectivity index (χ4v) is 2.27. The van der Waals surface area contributed by atoms with Gasteiger partial charge in [0.15, 0.2) is 0 Å². The van der Waals surface area contributed by atoms with Crippen LogP contribution in [0.4, 0.5) is 0 Å². The number of rotatable bonds is 2. The Morgan fingerprint density at radius 1 is 1.59 bits per heavy atom.